The largest absolute Gasteiger partial charge is 0.464 e. The second-order valence-electron chi connectivity index (χ2n) is 8.49. The van der Waals surface area contributed by atoms with Crippen LogP contribution >= 0.6 is 0 Å². The van der Waals surface area contributed by atoms with Crippen LogP contribution in [0.25, 0.3) is 11.0 Å². The van der Waals surface area contributed by atoms with Crippen molar-refractivity contribution >= 4 is 22.8 Å². The summed E-state index contributed by atoms with van der Waals surface area (Å²) in [6.45, 7) is 9.79. The van der Waals surface area contributed by atoms with E-state index in [1.165, 1.54) is 11.2 Å². The molecule has 0 aliphatic heterocycles. The summed E-state index contributed by atoms with van der Waals surface area (Å²) >= 11 is 0. The van der Waals surface area contributed by atoms with Crippen LogP contribution in [0.3, 0.4) is 0 Å². The van der Waals surface area contributed by atoms with Gasteiger partial charge in [-0.3, -0.25) is 14.4 Å². The number of amides is 2. The third kappa shape index (κ3) is 5.98. The van der Waals surface area contributed by atoms with Crippen LogP contribution in [-0.2, 0) is 22.7 Å². The van der Waals surface area contributed by atoms with Crippen molar-refractivity contribution in [3.8, 4) is 0 Å². The monoisotopic (exact) mass is 446 g/mol. The fourth-order valence-corrected chi connectivity index (χ4v) is 3.65. The molecule has 0 saturated heterocycles. The number of aryl methyl sites for hydroxylation is 1. The van der Waals surface area contributed by atoms with Gasteiger partial charge in [-0.05, 0) is 24.6 Å². The number of nitrogens with zero attached hydrogens (tertiary/aromatic N) is 2. The Balaban J connectivity index is 1.93. The summed E-state index contributed by atoms with van der Waals surface area (Å²) < 4.78 is 5.68. The van der Waals surface area contributed by atoms with E-state index in [2.05, 4.69) is 6.58 Å². The predicted octanol–water partition coefficient (Wildman–Crippen LogP) is 4.30. The van der Waals surface area contributed by atoms with E-state index in [0.717, 1.165) is 11.1 Å². The standard InChI is InChI=1S/C27H30N2O4/c1-5-13-28(27(32)19(2)3)17-25(30)29(15-21-9-7-6-8-10-21)16-22-18-33-24-12-11-20(4)14-23(24)26(22)31/h5-12,14,18-19H,1,13,15-17H2,2-4H3. The minimum Gasteiger partial charge on any atom is -0.464 e. The molecule has 33 heavy (non-hydrogen) atoms. The number of hydrogen-bond acceptors (Lipinski definition) is 4. The Bertz CT molecular complexity index is 1200. The van der Waals surface area contributed by atoms with Gasteiger partial charge in [-0.1, -0.05) is 61.9 Å². The number of rotatable bonds is 9. The van der Waals surface area contributed by atoms with Crippen LogP contribution in [0.15, 0.2) is 76.7 Å². The Morgan fingerprint density at radius 3 is 2.45 bits per heavy atom. The van der Waals surface area contributed by atoms with Crippen molar-refractivity contribution in [3.63, 3.8) is 0 Å². The van der Waals surface area contributed by atoms with Gasteiger partial charge in [-0.25, -0.2) is 0 Å². The number of fused-ring (bicyclic) bond motifs is 1. The second-order valence-corrected chi connectivity index (χ2v) is 8.49. The summed E-state index contributed by atoms with van der Waals surface area (Å²) in [5.41, 5.74) is 2.62. The molecular formula is C27H30N2O4. The van der Waals surface area contributed by atoms with E-state index in [1.807, 2.05) is 43.3 Å². The molecule has 0 unspecified atom stereocenters. The topological polar surface area (TPSA) is 70.8 Å². The third-order valence-corrected chi connectivity index (χ3v) is 5.41. The Morgan fingerprint density at radius 1 is 1.06 bits per heavy atom. The normalized spacial score (nSPS) is 10.9. The number of carbonyl (C=O) groups excluding carboxylic acids is 2. The lowest BCUT2D eigenvalue weighted by Crippen LogP contribution is -2.44. The lowest BCUT2D eigenvalue weighted by Gasteiger charge is -2.28. The highest BCUT2D eigenvalue weighted by Gasteiger charge is 2.23. The number of carbonyl (C=O) groups is 2. The van der Waals surface area contributed by atoms with Crippen LogP contribution in [0.1, 0.15) is 30.5 Å². The fourth-order valence-electron chi connectivity index (χ4n) is 3.65. The first kappa shape index (κ1) is 24.0. The molecule has 0 saturated carbocycles. The van der Waals surface area contributed by atoms with Crippen LogP contribution in [0.4, 0.5) is 0 Å². The van der Waals surface area contributed by atoms with Crippen molar-refractivity contribution in [2.45, 2.75) is 33.9 Å². The highest BCUT2D eigenvalue weighted by Crippen LogP contribution is 2.16. The van der Waals surface area contributed by atoms with Crippen molar-refractivity contribution in [3.05, 3.63) is 94.4 Å². The average Bonchev–Trinajstić information content (AvgIpc) is 2.80. The van der Waals surface area contributed by atoms with Gasteiger partial charge >= 0.3 is 0 Å². The maximum Gasteiger partial charge on any atom is 0.242 e. The van der Waals surface area contributed by atoms with Crippen molar-refractivity contribution in [1.29, 1.82) is 0 Å². The molecule has 2 amide bonds. The van der Waals surface area contributed by atoms with Crippen molar-refractivity contribution in [2.24, 2.45) is 5.92 Å². The van der Waals surface area contributed by atoms with Gasteiger partial charge in [-0.2, -0.15) is 0 Å². The molecule has 6 nitrogen and oxygen atoms in total. The maximum absolute atomic E-state index is 13.4. The summed E-state index contributed by atoms with van der Waals surface area (Å²) in [7, 11) is 0. The molecular weight excluding hydrogens is 416 g/mol. The zero-order valence-corrected chi connectivity index (χ0v) is 19.4. The fraction of sp³-hybridized carbons (Fsp3) is 0.296. The maximum atomic E-state index is 13.4. The van der Waals surface area contributed by atoms with Gasteiger partial charge in [0.2, 0.25) is 11.8 Å². The minimum absolute atomic E-state index is 0.0811. The van der Waals surface area contributed by atoms with Crippen molar-refractivity contribution in [2.75, 3.05) is 13.1 Å². The molecule has 2 aromatic carbocycles. The Kier molecular flexibility index (Phi) is 7.83. The van der Waals surface area contributed by atoms with Gasteiger partial charge in [0.1, 0.15) is 12.1 Å². The molecule has 6 heteroatoms. The molecule has 0 fully saturated rings. The van der Waals surface area contributed by atoms with Crippen LogP contribution in [0.5, 0.6) is 0 Å². The van der Waals surface area contributed by atoms with E-state index in [9.17, 15) is 14.4 Å². The molecule has 1 aromatic heterocycles. The van der Waals surface area contributed by atoms with Crippen molar-refractivity contribution in [1.82, 2.24) is 9.80 Å². The van der Waals surface area contributed by atoms with Crippen LogP contribution in [-0.4, -0.2) is 34.7 Å². The molecule has 0 aliphatic rings. The third-order valence-electron chi connectivity index (χ3n) is 5.41. The summed E-state index contributed by atoms with van der Waals surface area (Å²) in [6, 6.07) is 15.0. The van der Waals surface area contributed by atoms with Crippen LogP contribution in [0, 0.1) is 12.8 Å². The van der Waals surface area contributed by atoms with Gasteiger partial charge in [0, 0.05) is 19.0 Å². The van der Waals surface area contributed by atoms with E-state index in [0.29, 0.717) is 23.1 Å². The smallest absolute Gasteiger partial charge is 0.242 e. The molecule has 0 N–H and O–H groups in total. The van der Waals surface area contributed by atoms with Gasteiger partial charge < -0.3 is 14.2 Å². The molecule has 172 valence electrons. The Labute approximate surface area is 194 Å². The zero-order valence-electron chi connectivity index (χ0n) is 19.4. The highest BCUT2D eigenvalue weighted by molar-refractivity contribution is 5.86. The molecule has 0 spiro atoms. The predicted molar refractivity (Wildman–Crippen MR) is 130 cm³/mol. The first-order chi connectivity index (χ1) is 15.8. The molecule has 3 rings (SSSR count). The summed E-state index contributed by atoms with van der Waals surface area (Å²) in [4.78, 5) is 42.2. The average molecular weight is 447 g/mol. The highest BCUT2D eigenvalue weighted by atomic mass is 16.3. The van der Waals surface area contributed by atoms with E-state index in [4.69, 9.17) is 4.42 Å². The van der Waals surface area contributed by atoms with Gasteiger partial charge in [0.25, 0.3) is 0 Å². The summed E-state index contributed by atoms with van der Waals surface area (Å²) in [5.74, 6) is -0.613. The molecule has 1 heterocycles. The van der Waals surface area contributed by atoms with Gasteiger partial charge in [0.05, 0.1) is 23.8 Å². The first-order valence-electron chi connectivity index (χ1n) is 11.0. The van der Waals surface area contributed by atoms with E-state index in [-0.39, 0.29) is 42.8 Å². The first-order valence-corrected chi connectivity index (χ1v) is 11.0. The summed E-state index contributed by atoms with van der Waals surface area (Å²) in [5, 5.41) is 0.489. The van der Waals surface area contributed by atoms with Gasteiger partial charge in [0.15, 0.2) is 5.43 Å². The van der Waals surface area contributed by atoms with Gasteiger partial charge in [-0.15, -0.1) is 6.58 Å². The Hall–Kier alpha value is -3.67. The SMILES string of the molecule is C=CCN(CC(=O)N(Cc1ccccc1)Cc1coc2ccc(C)cc2c1=O)C(=O)C(C)C. The number of benzene rings is 2. The molecule has 3 aromatic rings. The molecule has 0 bridgehead atoms. The lowest BCUT2D eigenvalue weighted by molar-refractivity contribution is -0.142. The van der Waals surface area contributed by atoms with Crippen LogP contribution in [0.2, 0.25) is 0 Å². The molecule has 0 atom stereocenters. The Morgan fingerprint density at radius 2 is 1.79 bits per heavy atom. The van der Waals surface area contributed by atoms with E-state index in [1.54, 1.807) is 37.0 Å². The minimum atomic E-state index is -0.251. The van der Waals surface area contributed by atoms with E-state index >= 15 is 0 Å². The zero-order chi connectivity index (χ0) is 24.0. The second kappa shape index (κ2) is 10.8. The number of hydrogen-bond donors (Lipinski definition) is 0. The van der Waals surface area contributed by atoms with Crippen LogP contribution < -0.4 is 5.43 Å². The van der Waals surface area contributed by atoms with E-state index < -0.39 is 0 Å². The lowest BCUT2D eigenvalue weighted by atomic mass is 10.1. The molecule has 0 aliphatic carbocycles. The quantitative estimate of drug-likeness (QED) is 0.460. The molecule has 0 radical (unpaired) electrons. The van der Waals surface area contributed by atoms with Crippen molar-refractivity contribution < 1.29 is 14.0 Å². The summed E-state index contributed by atoms with van der Waals surface area (Å²) in [6.07, 6.45) is 3.03.